The zero-order chi connectivity index (χ0) is 15.0. The molecule has 1 aliphatic rings. The van der Waals surface area contributed by atoms with Crippen molar-refractivity contribution in [3.63, 3.8) is 0 Å². The normalized spacial score (nSPS) is 17.2. The highest BCUT2D eigenvalue weighted by atomic mass is 32.2. The molecule has 0 aromatic carbocycles. The molecule has 0 saturated carbocycles. The molecular weight excluding hydrogens is 284 g/mol. The summed E-state index contributed by atoms with van der Waals surface area (Å²) in [5.74, 6) is 0.119. The van der Waals surface area contributed by atoms with E-state index < -0.39 is 30.4 Å². The number of carboxylic acids is 1. The first-order valence-corrected chi connectivity index (χ1v) is 7.50. The van der Waals surface area contributed by atoms with Gasteiger partial charge in [-0.05, 0) is 0 Å². The predicted molar refractivity (Wildman–Crippen MR) is 75.5 cm³/mol. The Morgan fingerprint density at radius 1 is 1.30 bits per heavy atom. The third-order valence-electron chi connectivity index (χ3n) is 2.83. The average Bonchev–Trinajstić information content (AvgIpc) is 2.38. The Hall–Kier alpha value is -1.48. The number of primary amides is 1. The highest BCUT2D eigenvalue weighted by Gasteiger charge is 2.21. The summed E-state index contributed by atoms with van der Waals surface area (Å²) in [5, 5.41) is 13.6. The molecule has 0 radical (unpaired) electrons. The maximum absolute atomic E-state index is 11.5. The van der Waals surface area contributed by atoms with Crippen LogP contribution in [0.2, 0.25) is 0 Å². The van der Waals surface area contributed by atoms with Crippen LogP contribution >= 0.6 is 11.8 Å². The first-order chi connectivity index (χ1) is 9.49. The zero-order valence-electron chi connectivity index (χ0n) is 11.1. The number of carbonyl (C=O) groups excluding carboxylic acids is 2. The van der Waals surface area contributed by atoms with Crippen LogP contribution in [0.3, 0.4) is 0 Å². The van der Waals surface area contributed by atoms with Crippen LogP contribution in [-0.2, 0) is 9.59 Å². The van der Waals surface area contributed by atoms with Gasteiger partial charge in [-0.2, -0.15) is 11.8 Å². The van der Waals surface area contributed by atoms with Crippen molar-refractivity contribution in [1.82, 2.24) is 15.5 Å². The maximum atomic E-state index is 11.5. The van der Waals surface area contributed by atoms with E-state index in [-0.39, 0.29) is 0 Å². The molecule has 8 nitrogen and oxygen atoms in total. The molecule has 0 aromatic heterocycles. The van der Waals surface area contributed by atoms with Crippen molar-refractivity contribution in [3.8, 4) is 0 Å². The van der Waals surface area contributed by atoms with Crippen molar-refractivity contribution >= 4 is 29.7 Å². The molecule has 3 amide bonds. The molecule has 1 aliphatic heterocycles. The number of rotatable bonds is 7. The number of aliphatic carboxylic acids is 1. The second-order valence-corrected chi connectivity index (χ2v) is 5.64. The molecule has 1 rings (SSSR count). The first-order valence-electron chi connectivity index (χ1n) is 6.34. The Kier molecular flexibility index (Phi) is 7.16. The van der Waals surface area contributed by atoms with Gasteiger partial charge in [0.2, 0.25) is 5.91 Å². The predicted octanol–water partition coefficient (Wildman–Crippen LogP) is -1.34. The lowest BCUT2D eigenvalue weighted by atomic mass is 10.2. The van der Waals surface area contributed by atoms with Crippen molar-refractivity contribution in [3.05, 3.63) is 0 Å². The zero-order valence-corrected chi connectivity index (χ0v) is 11.9. The molecule has 0 aliphatic carbocycles. The van der Waals surface area contributed by atoms with Gasteiger partial charge < -0.3 is 21.5 Å². The van der Waals surface area contributed by atoms with Gasteiger partial charge in [0, 0.05) is 37.7 Å². The van der Waals surface area contributed by atoms with E-state index in [0.29, 0.717) is 6.54 Å². The Labute approximate surface area is 121 Å². The fourth-order valence-electron chi connectivity index (χ4n) is 1.76. The highest BCUT2D eigenvalue weighted by Crippen LogP contribution is 2.07. The van der Waals surface area contributed by atoms with E-state index in [2.05, 4.69) is 15.5 Å². The SMILES string of the molecule is NC(=O)CC(NC(=O)NCCN1CCSCC1)C(=O)O. The van der Waals surface area contributed by atoms with E-state index in [9.17, 15) is 14.4 Å². The summed E-state index contributed by atoms with van der Waals surface area (Å²) in [7, 11) is 0. The molecule has 5 N–H and O–H groups in total. The first kappa shape index (κ1) is 16.6. The summed E-state index contributed by atoms with van der Waals surface area (Å²) < 4.78 is 0. The minimum absolute atomic E-state index is 0.425. The van der Waals surface area contributed by atoms with Gasteiger partial charge in [-0.3, -0.25) is 9.69 Å². The van der Waals surface area contributed by atoms with Crippen LogP contribution in [0.25, 0.3) is 0 Å². The molecular formula is C11H20N4O4S. The van der Waals surface area contributed by atoms with Gasteiger partial charge in [0.1, 0.15) is 6.04 Å². The topological polar surface area (TPSA) is 125 Å². The third kappa shape index (κ3) is 6.62. The Morgan fingerprint density at radius 3 is 2.50 bits per heavy atom. The molecule has 1 saturated heterocycles. The lowest BCUT2D eigenvalue weighted by molar-refractivity contribution is -0.140. The Bertz CT molecular complexity index is 360. The van der Waals surface area contributed by atoms with Crippen LogP contribution in [0.1, 0.15) is 6.42 Å². The van der Waals surface area contributed by atoms with Gasteiger partial charge in [-0.15, -0.1) is 0 Å². The number of thioether (sulfide) groups is 1. The van der Waals surface area contributed by atoms with E-state index in [1.807, 2.05) is 11.8 Å². The smallest absolute Gasteiger partial charge is 0.326 e. The lowest BCUT2D eigenvalue weighted by Gasteiger charge is -2.26. The molecule has 1 heterocycles. The Balaban J connectivity index is 2.23. The van der Waals surface area contributed by atoms with Crippen molar-refractivity contribution in [1.29, 1.82) is 0 Å². The van der Waals surface area contributed by atoms with Crippen LogP contribution in [0.4, 0.5) is 4.79 Å². The van der Waals surface area contributed by atoms with E-state index in [1.54, 1.807) is 0 Å². The second-order valence-electron chi connectivity index (χ2n) is 4.42. The fraction of sp³-hybridized carbons (Fsp3) is 0.727. The third-order valence-corrected chi connectivity index (χ3v) is 3.77. The highest BCUT2D eigenvalue weighted by molar-refractivity contribution is 7.99. The van der Waals surface area contributed by atoms with Crippen molar-refractivity contribution in [2.75, 3.05) is 37.7 Å². The molecule has 0 bridgehead atoms. The maximum Gasteiger partial charge on any atom is 0.326 e. The van der Waals surface area contributed by atoms with Crippen LogP contribution < -0.4 is 16.4 Å². The molecule has 0 aromatic rings. The van der Waals surface area contributed by atoms with Crippen molar-refractivity contribution in [2.45, 2.75) is 12.5 Å². The molecule has 0 spiro atoms. The standard InChI is InChI=1S/C11H20N4O4S/c12-9(16)7-8(10(17)18)14-11(19)13-1-2-15-3-5-20-6-4-15/h8H,1-7H2,(H2,12,16)(H,17,18)(H2,13,14,19). The molecule has 1 unspecified atom stereocenters. The van der Waals surface area contributed by atoms with E-state index >= 15 is 0 Å². The Morgan fingerprint density at radius 2 is 1.95 bits per heavy atom. The minimum atomic E-state index is -1.29. The summed E-state index contributed by atoms with van der Waals surface area (Å²) >= 11 is 1.91. The lowest BCUT2D eigenvalue weighted by Crippen LogP contribution is -2.49. The molecule has 9 heteroatoms. The molecule has 20 heavy (non-hydrogen) atoms. The number of nitrogens with one attached hydrogen (secondary N) is 2. The van der Waals surface area contributed by atoms with Crippen LogP contribution in [0.15, 0.2) is 0 Å². The monoisotopic (exact) mass is 304 g/mol. The minimum Gasteiger partial charge on any atom is -0.480 e. The molecule has 1 atom stereocenters. The summed E-state index contributed by atoms with van der Waals surface area (Å²) in [6, 6.07) is -1.90. The second kappa shape index (κ2) is 8.64. The summed E-state index contributed by atoms with van der Waals surface area (Å²) in [6.45, 7) is 3.14. The van der Waals surface area contributed by atoms with Gasteiger partial charge >= 0.3 is 12.0 Å². The number of urea groups is 1. The van der Waals surface area contributed by atoms with E-state index in [1.165, 1.54) is 0 Å². The molecule has 1 fully saturated rings. The number of amides is 3. The van der Waals surface area contributed by atoms with Gasteiger partial charge in [-0.25, -0.2) is 9.59 Å². The average molecular weight is 304 g/mol. The number of nitrogens with two attached hydrogens (primary N) is 1. The van der Waals surface area contributed by atoms with Gasteiger partial charge in [0.15, 0.2) is 0 Å². The van der Waals surface area contributed by atoms with E-state index in [0.717, 1.165) is 31.1 Å². The molecule has 114 valence electrons. The quantitative estimate of drug-likeness (QED) is 0.461. The largest absolute Gasteiger partial charge is 0.480 e. The summed E-state index contributed by atoms with van der Waals surface area (Å²) in [4.78, 5) is 35.3. The number of carbonyl (C=O) groups is 3. The van der Waals surface area contributed by atoms with Crippen LogP contribution in [0.5, 0.6) is 0 Å². The van der Waals surface area contributed by atoms with Gasteiger partial charge in [-0.1, -0.05) is 0 Å². The fourth-order valence-corrected chi connectivity index (χ4v) is 2.74. The van der Waals surface area contributed by atoms with E-state index in [4.69, 9.17) is 10.8 Å². The van der Waals surface area contributed by atoms with Gasteiger partial charge in [0.25, 0.3) is 0 Å². The van der Waals surface area contributed by atoms with Crippen molar-refractivity contribution < 1.29 is 19.5 Å². The number of nitrogens with zero attached hydrogens (tertiary/aromatic N) is 1. The number of carboxylic acid groups (broad SMARTS) is 1. The number of hydrogen-bond donors (Lipinski definition) is 4. The van der Waals surface area contributed by atoms with Crippen LogP contribution in [0, 0.1) is 0 Å². The van der Waals surface area contributed by atoms with Gasteiger partial charge in [0.05, 0.1) is 6.42 Å². The number of hydrogen-bond acceptors (Lipinski definition) is 5. The summed E-state index contributed by atoms with van der Waals surface area (Å²) in [6.07, 6.45) is -0.425. The van der Waals surface area contributed by atoms with Crippen LogP contribution in [-0.4, -0.2) is 71.6 Å². The van der Waals surface area contributed by atoms with Crippen molar-refractivity contribution in [2.24, 2.45) is 5.73 Å². The summed E-state index contributed by atoms with van der Waals surface area (Å²) in [5.41, 5.74) is 4.92.